The monoisotopic (exact) mass is 245 g/mol. The fourth-order valence-electron chi connectivity index (χ4n) is 1.18. The number of benzene rings is 1. The van der Waals surface area contributed by atoms with Gasteiger partial charge in [0.2, 0.25) is 0 Å². The molecular formula is C10H13ClFN3O. The summed E-state index contributed by atoms with van der Waals surface area (Å²) < 4.78 is 13.2. The molecule has 0 heterocycles. The first-order valence-electron chi connectivity index (χ1n) is 4.77. The Morgan fingerprint density at radius 2 is 2.19 bits per heavy atom. The molecule has 0 aliphatic heterocycles. The molecule has 0 unspecified atom stereocenters. The molecular weight excluding hydrogens is 233 g/mol. The van der Waals surface area contributed by atoms with Gasteiger partial charge in [-0.05, 0) is 18.2 Å². The van der Waals surface area contributed by atoms with Crippen molar-refractivity contribution >= 4 is 17.6 Å². The van der Waals surface area contributed by atoms with Gasteiger partial charge in [-0.3, -0.25) is 0 Å². The summed E-state index contributed by atoms with van der Waals surface area (Å²) in [5.74, 6) is -0.306. The third kappa shape index (κ3) is 4.46. The number of carbonyl (C=O) groups excluding carboxylic acids is 1. The Labute approximate surface area is 98.0 Å². The van der Waals surface area contributed by atoms with Gasteiger partial charge in [0.1, 0.15) is 5.82 Å². The van der Waals surface area contributed by atoms with Crippen LogP contribution in [0.2, 0.25) is 5.02 Å². The maximum absolute atomic E-state index is 13.2. The van der Waals surface area contributed by atoms with Gasteiger partial charge in [-0.15, -0.1) is 0 Å². The van der Waals surface area contributed by atoms with Gasteiger partial charge < -0.3 is 16.4 Å². The third-order valence-corrected chi connectivity index (χ3v) is 2.16. The zero-order valence-electron chi connectivity index (χ0n) is 8.59. The Morgan fingerprint density at radius 3 is 2.88 bits per heavy atom. The first-order chi connectivity index (χ1) is 7.59. The maximum atomic E-state index is 13.2. The van der Waals surface area contributed by atoms with E-state index in [1.165, 1.54) is 12.1 Å². The zero-order valence-corrected chi connectivity index (χ0v) is 9.35. The molecule has 0 aliphatic rings. The Balaban J connectivity index is 2.31. The highest BCUT2D eigenvalue weighted by Gasteiger charge is 2.02. The highest BCUT2D eigenvalue weighted by molar-refractivity contribution is 6.30. The molecule has 1 aromatic rings. The average Bonchev–Trinajstić information content (AvgIpc) is 2.22. The van der Waals surface area contributed by atoms with Gasteiger partial charge in [0.05, 0.1) is 0 Å². The zero-order chi connectivity index (χ0) is 12.0. The second kappa shape index (κ2) is 6.30. The minimum Gasteiger partial charge on any atom is -0.352 e. The highest BCUT2D eigenvalue weighted by Crippen LogP contribution is 2.14. The van der Waals surface area contributed by atoms with Crippen LogP contribution in [0.5, 0.6) is 0 Å². The minimum absolute atomic E-state index is 0.306. The van der Waals surface area contributed by atoms with Gasteiger partial charge in [-0.2, -0.15) is 0 Å². The molecule has 16 heavy (non-hydrogen) atoms. The van der Waals surface area contributed by atoms with E-state index in [0.29, 0.717) is 30.2 Å². The molecule has 0 radical (unpaired) electrons. The molecule has 88 valence electrons. The molecule has 1 aromatic carbocycles. The Kier molecular flexibility index (Phi) is 5.01. The van der Waals surface area contributed by atoms with Crippen molar-refractivity contribution in [2.45, 2.75) is 6.54 Å². The third-order valence-electron chi connectivity index (χ3n) is 1.92. The standard InChI is InChI=1S/C10H13ClFN3O/c11-8-1-2-9(12)7(5-8)6-14-3-4-15-10(13)16/h1-2,5,14H,3-4,6H2,(H3,13,15,16). The summed E-state index contributed by atoms with van der Waals surface area (Å²) in [7, 11) is 0. The number of primary amides is 1. The molecule has 0 aromatic heterocycles. The molecule has 6 heteroatoms. The fourth-order valence-corrected chi connectivity index (χ4v) is 1.37. The van der Waals surface area contributed by atoms with Crippen molar-refractivity contribution < 1.29 is 9.18 Å². The van der Waals surface area contributed by atoms with Crippen LogP contribution in [0.4, 0.5) is 9.18 Å². The van der Waals surface area contributed by atoms with Crippen molar-refractivity contribution in [1.82, 2.24) is 10.6 Å². The summed E-state index contributed by atoms with van der Waals surface area (Å²) in [6.45, 7) is 1.26. The van der Waals surface area contributed by atoms with Crippen LogP contribution in [0.3, 0.4) is 0 Å². The van der Waals surface area contributed by atoms with E-state index < -0.39 is 6.03 Å². The molecule has 0 saturated heterocycles. The number of rotatable bonds is 5. The molecule has 1 rings (SSSR count). The first kappa shape index (κ1) is 12.7. The van der Waals surface area contributed by atoms with Gasteiger partial charge >= 0.3 is 6.03 Å². The van der Waals surface area contributed by atoms with Gasteiger partial charge in [0.15, 0.2) is 0 Å². The molecule has 4 N–H and O–H groups in total. The second-order valence-corrected chi connectivity index (χ2v) is 3.64. The van der Waals surface area contributed by atoms with E-state index in [0.717, 1.165) is 0 Å². The number of hydrogen-bond acceptors (Lipinski definition) is 2. The van der Waals surface area contributed by atoms with E-state index in [4.69, 9.17) is 17.3 Å². The molecule has 0 spiro atoms. The van der Waals surface area contributed by atoms with Crippen molar-refractivity contribution in [3.05, 3.63) is 34.6 Å². The molecule has 4 nitrogen and oxygen atoms in total. The van der Waals surface area contributed by atoms with E-state index in [-0.39, 0.29) is 5.82 Å². The molecule has 0 saturated carbocycles. The van der Waals surface area contributed by atoms with E-state index in [1.54, 1.807) is 6.07 Å². The van der Waals surface area contributed by atoms with Crippen LogP contribution in [0, 0.1) is 5.82 Å². The van der Waals surface area contributed by atoms with Gasteiger partial charge in [0, 0.05) is 30.2 Å². The smallest absolute Gasteiger partial charge is 0.312 e. The van der Waals surface area contributed by atoms with Crippen LogP contribution in [0.25, 0.3) is 0 Å². The predicted octanol–water partition coefficient (Wildman–Crippen LogP) is 1.24. The molecule has 2 amide bonds. The lowest BCUT2D eigenvalue weighted by Gasteiger charge is -2.06. The number of urea groups is 1. The maximum Gasteiger partial charge on any atom is 0.312 e. The van der Waals surface area contributed by atoms with Crippen LogP contribution in [-0.4, -0.2) is 19.1 Å². The number of halogens is 2. The first-order valence-corrected chi connectivity index (χ1v) is 5.15. The van der Waals surface area contributed by atoms with Crippen LogP contribution in [0.15, 0.2) is 18.2 Å². The number of hydrogen-bond donors (Lipinski definition) is 3. The molecule has 0 aliphatic carbocycles. The number of nitrogens with one attached hydrogen (secondary N) is 2. The summed E-state index contributed by atoms with van der Waals surface area (Å²) in [4.78, 5) is 10.3. The SMILES string of the molecule is NC(=O)NCCNCc1cc(Cl)ccc1F. The largest absolute Gasteiger partial charge is 0.352 e. The van der Waals surface area contributed by atoms with Gasteiger partial charge in [-0.1, -0.05) is 11.6 Å². The van der Waals surface area contributed by atoms with E-state index in [2.05, 4.69) is 10.6 Å². The average molecular weight is 246 g/mol. The van der Waals surface area contributed by atoms with Crippen LogP contribution in [-0.2, 0) is 6.54 Å². The Bertz CT molecular complexity index is 373. The lowest BCUT2D eigenvalue weighted by atomic mass is 10.2. The van der Waals surface area contributed by atoms with Gasteiger partial charge in [-0.25, -0.2) is 9.18 Å². The quantitative estimate of drug-likeness (QED) is 0.684. The van der Waals surface area contributed by atoms with Gasteiger partial charge in [0.25, 0.3) is 0 Å². The lowest BCUT2D eigenvalue weighted by Crippen LogP contribution is -2.35. The topological polar surface area (TPSA) is 67.2 Å². The summed E-state index contributed by atoms with van der Waals surface area (Å²) in [5.41, 5.74) is 5.37. The number of nitrogens with two attached hydrogens (primary N) is 1. The summed E-state index contributed by atoms with van der Waals surface area (Å²) in [6.07, 6.45) is 0. The van der Waals surface area contributed by atoms with Crippen molar-refractivity contribution in [2.24, 2.45) is 5.73 Å². The second-order valence-electron chi connectivity index (χ2n) is 3.20. The lowest BCUT2D eigenvalue weighted by molar-refractivity contribution is 0.249. The van der Waals surface area contributed by atoms with Crippen LogP contribution >= 0.6 is 11.6 Å². The summed E-state index contributed by atoms with van der Waals surface area (Å²) in [5, 5.41) is 5.86. The predicted molar refractivity (Wildman–Crippen MR) is 60.7 cm³/mol. The van der Waals surface area contributed by atoms with Crippen LogP contribution < -0.4 is 16.4 Å². The number of carbonyl (C=O) groups is 1. The molecule has 0 fully saturated rings. The van der Waals surface area contributed by atoms with E-state index >= 15 is 0 Å². The summed E-state index contributed by atoms with van der Waals surface area (Å²) in [6, 6.07) is 3.80. The highest BCUT2D eigenvalue weighted by atomic mass is 35.5. The molecule has 0 atom stereocenters. The van der Waals surface area contributed by atoms with Crippen LogP contribution in [0.1, 0.15) is 5.56 Å². The Hall–Kier alpha value is -1.33. The number of amides is 2. The van der Waals surface area contributed by atoms with Crippen molar-refractivity contribution in [3.8, 4) is 0 Å². The van der Waals surface area contributed by atoms with E-state index in [9.17, 15) is 9.18 Å². The minimum atomic E-state index is -0.573. The Morgan fingerprint density at radius 1 is 1.44 bits per heavy atom. The van der Waals surface area contributed by atoms with Crippen molar-refractivity contribution in [1.29, 1.82) is 0 Å². The van der Waals surface area contributed by atoms with E-state index in [1.807, 2.05) is 0 Å². The van der Waals surface area contributed by atoms with Crippen molar-refractivity contribution in [3.63, 3.8) is 0 Å². The summed E-state index contributed by atoms with van der Waals surface area (Å²) >= 11 is 5.73. The van der Waals surface area contributed by atoms with Crippen molar-refractivity contribution in [2.75, 3.05) is 13.1 Å². The molecule has 0 bridgehead atoms. The fraction of sp³-hybridized carbons (Fsp3) is 0.300. The normalized spacial score (nSPS) is 10.1.